The Bertz CT molecular complexity index is 258. The molecule has 0 aliphatic heterocycles. The molecule has 0 amide bonds. The van der Waals surface area contributed by atoms with E-state index >= 15 is 0 Å². The highest BCUT2D eigenvalue weighted by Crippen LogP contribution is 2.32. The van der Waals surface area contributed by atoms with Gasteiger partial charge in [-0.2, -0.15) is 0 Å². The number of ether oxygens (including phenoxy) is 2. The van der Waals surface area contributed by atoms with Gasteiger partial charge in [-0.15, -0.1) is 0 Å². The van der Waals surface area contributed by atoms with Crippen LogP contribution >= 0.6 is 0 Å². The maximum absolute atomic E-state index is 12.8. The molecule has 0 atom stereocenters. The molecule has 0 radical (unpaired) electrons. The predicted octanol–water partition coefficient (Wildman–Crippen LogP) is 1.98. The third-order valence-electron chi connectivity index (χ3n) is 1.42. The molecule has 66 valence electrons. The van der Waals surface area contributed by atoms with E-state index in [2.05, 4.69) is 9.47 Å². The largest absolute Gasteiger partial charge is 0.490 e. The van der Waals surface area contributed by atoms with Crippen LogP contribution in [0, 0.1) is 11.6 Å². The fourth-order valence-corrected chi connectivity index (χ4v) is 0.895. The molecule has 0 saturated carbocycles. The lowest BCUT2D eigenvalue weighted by Crippen LogP contribution is -1.96. The van der Waals surface area contributed by atoms with Gasteiger partial charge < -0.3 is 9.47 Å². The van der Waals surface area contributed by atoms with E-state index in [1.54, 1.807) is 0 Å². The van der Waals surface area contributed by atoms with Crippen molar-refractivity contribution < 1.29 is 18.3 Å². The number of hydrogen-bond donors (Lipinski definition) is 0. The number of halogens is 2. The average Bonchev–Trinajstić information content (AvgIpc) is 2.08. The van der Waals surface area contributed by atoms with E-state index in [1.165, 1.54) is 14.2 Å². The first-order valence-corrected chi connectivity index (χ1v) is 3.26. The van der Waals surface area contributed by atoms with Crippen molar-refractivity contribution in [3.63, 3.8) is 0 Å². The number of benzene rings is 1. The van der Waals surface area contributed by atoms with Gasteiger partial charge in [0.1, 0.15) is 0 Å². The van der Waals surface area contributed by atoms with Crippen LogP contribution in [0.25, 0.3) is 0 Å². The maximum Gasteiger partial charge on any atom is 0.199 e. The van der Waals surface area contributed by atoms with Crippen molar-refractivity contribution >= 4 is 0 Å². The number of rotatable bonds is 2. The SMILES string of the molecule is COc1c(F)ccc(F)c1OC. The lowest BCUT2D eigenvalue weighted by atomic mass is 10.3. The van der Waals surface area contributed by atoms with Crippen LogP contribution in [0.15, 0.2) is 12.1 Å². The van der Waals surface area contributed by atoms with Gasteiger partial charge in [-0.1, -0.05) is 0 Å². The van der Waals surface area contributed by atoms with Gasteiger partial charge in [0.25, 0.3) is 0 Å². The molecule has 2 nitrogen and oxygen atoms in total. The van der Waals surface area contributed by atoms with Crippen LogP contribution in [0.1, 0.15) is 0 Å². The number of hydrogen-bond acceptors (Lipinski definition) is 2. The monoisotopic (exact) mass is 174 g/mol. The normalized spacial score (nSPS) is 9.67. The van der Waals surface area contributed by atoms with E-state index in [1.807, 2.05) is 0 Å². The van der Waals surface area contributed by atoms with Crippen LogP contribution in [-0.4, -0.2) is 14.2 Å². The first-order chi connectivity index (χ1) is 5.70. The molecular formula is C8H8F2O2. The van der Waals surface area contributed by atoms with Crippen LogP contribution in [0.5, 0.6) is 11.5 Å². The lowest BCUT2D eigenvalue weighted by Gasteiger charge is -2.08. The highest BCUT2D eigenvalue weighted by Gasteiger charge is 2.14. The van der Waals surface area contributed by atoms with Crippen molar-refractivity contribution in [2.24, 2.45) is 0 Å². The first-order valence-electron chi connectivity index (χ1n) is 3.26. The maximum atomic E-state index is 12.8. The molecule has 4 heteroatoms. The highest BCUT2D eigenvalue weighted by atomic mass is 19.1. The zero-order valence-corrected chi connectivity index (χ0v) is 6.73. The second-order valence-electron chi connectivity index (χ2n) is 2.10. The van der Waals surface area contributed by atoms with Gasteiger partial charge in [-0.3, -0.25) is 0 Å². The van der Waals surface area contributed by atoms with E-state index in [4.69, 9.17) is 0 Å². The Balaban J connectivity index is 3.28. The van der Waals surface area contributed by atoms with Gasteiger partial charge in [-0.25, -0.2) is 8.78 Å². The molecular weight excluding hydrogens is 166 g/mol. The van der Waals surface area contributed by atoms with E-state index in [0.29, 0.717) is 0 Å². The molecule has 0 N–H and O–H groups in total. The predicted molar refractivity (Wildman–Crippen MR) is 39.5 cm³/mol. The molecule has 0 aromatic heterocycles. The molecule has 0 unspecified atom stereocenters. The van der Waals surface area contributed by atoms with Gasteiger partial charge in [0.05, 0.1) is 14.2 Å². The Morgan fingerprint density at radius 2 is 1.25 bits per heavy atom. The second kappa shape index (κ2) is 3.38. The Kier molecular flexibility index (Phi) is 2.47. The molecule has 0 bridgehead atoms. The molecule has 0 fully saturated rings. The molecule has 12 heavy (non-hydrogen) atoms. The average molecular weight is 174 g/mol. The van der Waals surface area contributed by atoms with Crippen LogP contribution in [0.2, 0.25) is 0 Å². The van der Waals surface area contributed by atoms with Crippen molar-refractivity contribution in [2.75, 3.05) is 14.2 Å². The summed E-state index contributed by atoms with van der Waals surface area (Å²) >= 11 is 0. The van der Waals surface area contributed by atoms with Gasteiger partial charge in [0.2, 0.25) is 0 Å². The van der Waals surface area contributed by atoms with Crippen LogP contribution < -0.4 is 9.47 Å². The van der Waals surface area contributed by atoms with Crippen molar-refractivity contribution in [2.45, 2.75) is 0 Å². The molecule has 1 aromatic rings. The molecule has 0 aliphatic carbocycles. The Morgan fingerprint density at radius 3 is 1.50 bits per heavy atom. The molecule has 1 rings (SSSR count). The summed E-state index contributed by atoms with van der Waals surface area (Å²) in [6, 6.07) is 1.97. The zero-order chi connectivity index (χ0) is 9.14. The summed E-state index contributed by atoms with van der Waals surface area (Å²) in [5.74, 6) is -1.71. The minimum absolute atomic E-state index is 0.211. The van der Waals surface area contributed by atoms with E-state index in [-0.39, 0.29) is 11.5 Å². The summed E-state index contributed by atoms with van der Waals surface area (Å²) in [5.41, 5.74) is 0. The van der Waals surface area contributed by atoms with Crippen LogP contribution in [-0.2, 0) is 0 Å². The van der Waals surface area contributed by atoms with Crippen molar-refractivity contribution in [3.05, 3.63) is 23.8 Å². The number of methoxy groups -OCH3 is 2. The quantitative estimate of drug-likeness (QED) is 0.682. The molecule has 0 saturated heterocycles. The Labute approximate surface area is 68.7 Å². The lowest BCUT2D eigenvalue weighted by molar-refractivity contribution is 0.322. The van der Waals surface area contributed by atoms with Crippen LogP contribution in [0.3, 0.4) is 0 Å². The molecule has 1 aromatic carbocycles. The van der Waals surface area contributed by atoms with Gasteiger partial charge in [-0.05, 0) is 12.1 Å². The summed E-state index contributed by atoms with van der Waals surface area (Å²) in [6.07, 6.45) is 0. The molecule has 0 aliphatic rings. The van der Waals surface area contributed by atoms with Gasteiger partial charge in [0.15, 0.2) is 23.1 Å². The van der Waals surface area contributed by atoms with Crippen molar-refractivity contribution in [1.29, 1.82) is 0 Å². The fraction of sp³-hybridized carbons (Fsp3) is 0.250. The van der Waals surface area contributed by atoms with E-state index in [9.17, 15) is 8.78 Å². The van der Waals surface area contributed by atoms with E-state index < -0.39 is 11.6 Å². The molecule has 0 spiro atoms. The highest BCUT2D eigenvalue weighted by molar-refractivity contribution is 5.41. The minimum atomic E-state index is -0.643. The minimum Gasteiger partial charge on any atom is -0.490 e. The standard InChI is InChI=1S/C8H8F2O2/c1-11-7-5(9)3-4-6(10)8(7)12-2/h3-4H,1-2H3. The second-order valence-corrected chi connectivity index (χ2v) is 2.10. The van der Waals surface area contributed by atoms with Crippen molar-refractivity contribution in [3.8, 4) is 11.5 Å². The summed E-state index contributed by atoms with van der Waals surface area (Å²) in [4.78, 5) is 0. The summed E-state index contributed by atoms with van der Waals surface area (Å²) in [6.45, 7) is 0. The first kappa shape index (κ1) is 8.77. The third-order valence-corrected chi connectivity index (χ3v) is 1.42. The van der Waals surface area contributed by atoms with Gasteiger partial charge in [0, 0.05) is 0 Å². The Hall–Kier alpha value is -1.32. The Morgan fingerprint density at radius 1 is 0.917 bits per heavy atom. The van der Waals surface area contributed by atoms with Crippen molar-refractivity contribution in [1.82, 2.24) is 0 Å². The van der Waals surface area contributed by atoms with Gasteiger partial charge >= 0.3 is 0 Å². The summed E-state index contributed by atoms with van der Waals surface area (Å²) < 4.78 is 34.9. The molecule has 0 heterocycles. The van der Waals surface area contributed by atoms with E-state index in [0.717, 1.165) is 12.1 Å². The topological polar surface area (TPSA) is 18.5 Å². The fourth-order valence-electron chi connectivity index (χ4n) is 0.895. The summed E-state index contributed by atoms with van der Waals surface area (Å²) in [5, 5.41) is 0. The third kappa shape index (κ3) is 1.32. The smallest absolute Gasteiger partial charge is 0.199 e. The summed E-state index contributed by atoms with van der Waals surface area (Å²) in [7, 11) is 2.50. The zero-order valence-electron chi connectivity index (χ0n) is 6.73. The van der Waals surface area contributed by atoms with Crippen LogP contribution in [0.4, 0.5) is 8.78 Å².